The van der Waals surface area contributed by atoms with E-state index >= 15 is 0 Å². The minimum Gasteiger partial charge on any atom is -0.392 e. The second kappa shape index (κ2) is 5.99. The molecule has 6 heteroatoms. The maximum atomic E-state index is 12.3. The molecule has 0 atom stereocenters. The molecule has 0 spiro atoms. The number of hydrogen-bond acceptors (Lipinski definition) is 4. The Bertz CT molecular complexity index is 1110. The number of fused-ring (bicyclic) bond motifs is 1. The van der Waals surface area contributed by atoms with Crippen LogP contribution in [0.4, 0.5) is 0 Å². The first kappa shape index (κ1) is 15.3. The van der Waals surface area contributed by atoms with E-state index in [-0.39, 0.29) is 12.2 Å². The van der Waals surface area contributed by atoms with E-state index in [2.05, 4.69) is 15.1 Å². The molecule has 0 saturated heterocycles. The van der Waals surface area contributed by atoms with E-state index in [1.54, 1.807) is 29.1 Å². The van der Waals surface area contributed by atoms with Crippen molar-refractivity contribution in [3.05, 3.63) is 70.8 Å². The normalized spacial score (nSPS) is 11.1. The molecule has 124 valence electrons. The van der Waals surface area contributed by atoms with E-state index in [9.17, 15) is 9.90 Å². The molecule has 2 heterocycles. The van der Waals surface area contributed by atoms with Crippen LogP contribution in [0.3, 0.4) is 0 Å². The molecule has 2 aromatic carbocycles. The van der Waals surface area contributed by atoms with Crippen LogP contribution in [0.1, 0.15) is 5.56 Å². The number of rotatable bonds is 3. The summed E-state index contributed by atoms with van der Waals surface area (Å²) < 4.78 is 1.75. The molecule has 0 aliphatic rings. The molecule has 2 aromatic heterocycles. The van der Waals surface area contributed by atoms with E-state index in [0.717, 1.165) is 16.7 Å². The summed E-state index contributed by atoms with van der Waals surface area (Å²) in [5, 5.41) is 14.1. The number of hydrogen-bond donors (Lipinski definition) is 2. The number of aromatic amines is 1. The van der Waals surface area contributed by atoms with Gasteiger partial charge in [-0.3, -0.25) is 9.48 Å². The number of nitrogens with one attached hydrogen (secondary N) is 1. The van der Waals surface area contributed by atoms with Crippen LogP contribution in [0.15, 0.2) is 59.7 Å². The van der Waals surface area contributed by atoms with Crippen LogP contribution >= 0.6 is 0 Å². The molecule has 25 heavy (non-hydrogen) atoms. The van der Waals surface area contributed by atoms with Gasteiger partial charge in [0.2, 0.25) is 0 Å². The highest BCUT2D eigenvalue weighted by molar-refractivity contribution is 5.82. The number of aliphatic hydroxyl groups is 1. The Balaban J connectivity index is 1.80. The summed E-state index contributed by atoms with van der Waals surface area (Å²) in [6.07, 6.45) is 3.75. The average Bonchev–Trinajstić information content (AvgIpc) is 3.08. The standard InChI is InChI=1S/C19H16N4O2/c1-23-10-15(9-20-23)12-5-7-13(8-6-12)18-21-17-14(11-24)3-2-4-16(17)19(25)22-18/h2-10,24H,11H2,1H3,(H,21,22,25). The molecule has 0 aliphatic carbocycles. The number of nitrogens with zero attached hydrogens (tertiary/aromatic N) is 3. The van der Waals surface area contributed by atoms with Gasteiger partial charge in [0.15, 0.2) is 0 Å². The van der Waals surface area contributed by atoms with Gasteiger partial charge < -0.3 is 10.1 Å². The monoisotopic (exact) mass is 332 g/mol. The zero-order chi connectivity index (χ0) is 17.4. The lowest BCUT2D eigenvalue weighted by Gasteiger charge is -2.07. The average molecular weight is 332 g/mol. The number of benzene rings is 2. The summed E-state index contributed by atoms with van der Waals surface area (Å²) in [5.74, 6) is 0.483. The highest BCUT2D eigenvalue weighted by Crippen LogP contribution is 2.23. The Morgan fingerprint density at radius 2 is 1.84 bits per heavy atom. The van der Waals surface area contributed by atoms with Gasteiger partial charge in [-0.25, -0.2) is 4.98 Å². The molecule has 6 nitrogen and oxygen atoms in total. The Kier molecular flexibility index (Phi) is 3.66. The SMILES string of the molecule is Cn1cc(-c2ccc(-c3nc4c(CO)cccc4c(=O)[nH]3)cc2)cn1. The van der Waals surface area contributed by atoms with Crippen LogP contribution in [0.2, 0.25) is 0 Å². The lowest BCUT2D eigenvalue weighted by Crippen LogP contribution is -2.10. The quantitative estimate of drug-likeness (QED) is 0.604. The number of aromatic nitrogens is 4. The first-order valence-corrected chi connectivity index (χ1v) is 7.88. The molecule has 0 unspecified atom stereocenters. The van der Waals surface area contributed by atoms with Crippen LogP contribution in [-0.2, 0) is 13.7 Å². The van der Waals surface area contributed by atoms with Gasteiger partial charge in [0.1, 0.15) is 5.82 Å². The number of aliphatic hydroxyl groups excluding tert-OH is 1. The Morgan fingerprint density at radius 3 is 2.52 bits per heavy atom. The topological polar surface area (TPSA) is 83.8 Å². The largest absolute Gasteiger partial charge is 0.392 e. The summed E-state index contributed by atoms with van der Waals surface area (Å²) in [5.41, 5.74) is 3.82. The Morgan fingerprint density at radius 1 is 1.08 bits per heavy atom. The lowest BCUT2D eigenvalue weighted by atomic mass is 10.1. The van der Waals surface area contributed by atoms with E-state index in [1.165, 1.54) is 0 Å². The molecule has 4 aromatic rings. The van der Waals surface area contributed by atoms with E-state index in [0.29, 0.717) is 22.3 Å². The minimum atomic E-state index is -0.216. The molecular weight excluding hydrogens is 316 g/mol. The van der Waals surface area contributed by atoms with Crippen LogP contribution in [0.5, 0.6) is 0 Å². The molecule has 0 aliphatic heterocycles. The summed E-state index contributed by atoms with van der Waals surface area (Å²) in [6.45, 7) is -0.160. The zero-order valence-electron chi connectivity index (χ0n) is 13.6. The van der Waals surface area contributed by atoms with Crippen LogP contribution < -0.4 is 5.56 Å². The van der Waals surface area contributed by atoms with Crippen molar-refractivity contribution in [3.63, 3.8) is 0 Å². The smallest absolute Gasteiger partial charge is 0.259 e. The van der Waals surface area contributed by atoms with Crippen molar-refractivity contribution in [3.8, 4) is 22.5 Å². The third kappa shape index (κ3) is 2.72. The molecule has 0 fully saturated rings. The molecule has 4 rings (SSSR count). The Hall–Kier alpha value is -3.25. The fraction of sp³-hybridized carbons (Fsp3) is 0.105. The first-order valence-electron chi connectivity index (χ1n) is 7.88. The Labute approximate surface area is 143 Å². The summed E-state index contributed by atoms with van der Waals surface area (Å²) in [4.78, 5) is 19.7. The van der Waals surface area contributed by atoms with Crippen molar-refractivity contribution in [2.75, 3.05) is 0 Å². The summed E-state index contributed by atoms with van der Waals surface area (Å²) in [6, 6.07) is 13.0. The van der Waals surface area contributed by atoms with Crippen molar-refractivity contribution < 1.29 is 5.11 Å². The van der Waals surface area contributed by atoms with Crippen LogP contribution in [0.25, 0.3) is 33.4 Å². The van der Waals surface area contributed by atoms with E-state index < -0.39 is 0 Å². The van der Waals surface area contributed by atoms with Gasteiger partial charge in [0.25, 0.3) is 5.56 Å². The van der Waals surface area contributed by atoms with Crippen molar-refractivity contribution >= 4 is 10.9 Å². The maximum Gasteiger partial charge on any atom is 0.259 e. The van der Waals surface area contributed by atoms with Crippen LogP contribution in [0, 0.1) is 0 Å². The molecule has 0 amide bonds. The molecule has 0 saturated carbocycles. The van der Waals surface area contributed by atoms with Crippen molar-refractivity contribution in [2.45, 2.75) is 6.61 Å². The molecule has 0 bridgehead atoms. The van der Waals surface area contributed by atoms with Crippen molar-refractivity contribution in [1.29, 1.82) is 0 Å². The predicted molar refractivity (Wildman–Crippen MR) is 95.9 cm³/mol. The van der Waals surface area contributed by atoms with E-state index in [4.69, 9.17) is 0 Å². The van der Waals surface area contributed by atoms with Crippen LogP contribution in [-0.4, -0.2) is 24.9 Å². The predicted octanol–water partition coefficient (Wildman–Crippen LogP) is 2.48. The van der Waals surface area contributed by atoms with Gasteiger partial charge in [-0.15, -0.1) is 0 Å². The summed E-state index contributed by atoms with van der Waals surface area (Å²) in [7, 11) is 1.88. The fourth-order valence-corrected chi connectivity index (χ4v) is 2.88. The third-order valence-electron chi connectivity index (χ3n) is 4.19. The van der Waals surface area contributed by atoms with Crippen molar-refractivity contribution in [2.24, 2.45) is 7.05 Å². The van der Waals surface area contributed by atoms with Gasteiger partial charge in [0, 0.05) is 29.9 Å². The van der Waals surface area contributed by atoms with Crippen molar-refractivity contribution in [1.82, 2.24) is 19.7 Å². The molecule has 2 N–H and O–H groups in total. The number of para-hydroxylation sites is 1. The number of aryl methyl sites for hydroxylation is 1. The van der Waals surface area contributed by atoms with Gasteiger partial charge in [0.05, 0.1) is 23.7 Å². The second-order valence-corrected chi connectivity index (χ2v) is 5.87. The van der Waals surface area contributed by atoms with Gasteiger partial charge in [-0.1, -0.05) is 36.4 Å². The zero-order valence-corrected chi connectivity index (χ0v) is 13.6. The van der Waals surface area contributed by atoms with Gasteiger partial charge >= 0.3 is 0 Å². The van der Waals surface area contributed by atoms with E-state index in [1.807, 2.05) is 37.5 Å². The molecule has 0 radical (unpaired) electrons. The maximum absolute atomic E-state index is 12.3. The highest BCUT2D eigenvalue weighted by Gasteiger charge is 2.09. The lowest BCUT2D eigenvalue weighted by molar-refractivity contribution is 0.283. The van der Waals surface area contributed by atoms with Gasteiger partial charge in [-0.05, 0) is 11.6 Å². The van der Waals surface area contributed by atoms with Gasteiger partial charge in [-0.2, -0.15) is 5.10 Å². The molecular formula is C19H16N4O2. The second-order valence-electron chi connectivity index (χ2n) is 5.87. The summed E-state index contributed by atoms with van der Waals surface area (Å²) >= 11 is 0. The minimum absolute atomic E-state index is 0.160. The fourth-order valence-electron chi connectivity index (χ4n) is 2.88. The third-order valence-corrected chi connectivity index (χ3v) is 4.19. The highest BCUT2D eigenvalue weighted by atomic mass is 16.3. The number of H-pyrrole nitrogens is 1. The first-order chi connectivity index (χ1) is 12.2.